The molecule has 0 saturated heterocycles. The fourth-order valence-electron chi connectivity index (χ4n) is 3.36. The van der Waals surface area contributed by atoms with Crippen LogP contribution in [0.3, 0.4) is 0 Å². The Morgan fingerprint density at radius 1 is 0.966 bits per heavy atom. The first-order valence-electron chi connectivity index (χ1n) is 9.38. The first-order valence-corrected chi connectivity index (χ1v) is 10.6. The van der Waals surface area contributed by atoms with Gasteiger partial charge >= 0.3 is 5.97 Å². The highest BCUT2D eigenvalue weighted by molar-refractivity contribution is 9.10. The largest absolute Gasteiger partial charge is 0.365 e. The predicted molar refractivity (Wildman–Crippen MR) is 120 cm³/mol. The van der Waals surface area contributed by atoms with Gasteiger partial charge in [-0.3, -0.25) is 0 Å². The van der Waals surface area contributed by atoms with Crippen molar-refractivity contribution in [3.05, 3.63) is 105 Å². The number of carbonyl (C=O) groups is 1. The first-order chi connectivity index (χ1) is 14.0. The van der Waals surface area contributed by atoms with Crippen LogP contribution in [0.5, 0.6) is 0 Å². The molecule has 3 aromatic carbocycles. The Hall–Kier alpha value is -2.43. The van der Waals surface area contributed by atoms with E-state index in [1.807, 2.05) is 67.6 Å². The van der Waals surface area contributed by atoms with E-state index >= 15 is 0 Å². The average Bonchev–Trinajstić information content (AvgIpc) is 3.51. The molecule has 1 fully saturated rings. The lowest BCUT2D eigenvalue weighted by atomic mass is 10.0. The SMILES string of the molecule is Cc1ccc(C(=O)O/N=C(\c2ccc(Br)cc2)C2CC2c2ccc(Cl)cc2)cc1. The maximum Gasteiger partial charge on any atom is 0.365 e. The van der Waals surface area contributed by atoms with Crippen LogP contribution in [0.4, 0.5) is 0 Å². The summed E-state index contributed by atoms with van der Waals surface area (Å²) >= 11 is 9.48. The highest BCUT2D eigenvalue weighted by Gasteiger charge is 2.43. The molecule has 146 valence electrons. The van der Waals surface area contributed by atoms with E-state index in [2.05, 4.69) is 21.1 Å². The molecule has 4 rings (SSSR count). The summed E-state index contributed by atoms with van der Waals surface area (Å²) in [4.78, 5) is 17.8. The fourth-order valence-corrected chi connectivity index (χ4v) is 3.75. The maximum atomic E-state index is 12.4. The van der Waals surface area contributed by atoms with Crippen LogP contribution >= 0.6 is 27.5 Å². The van der Waals surface area contributed by atoms with E-state index in [1.165, 1.54) is 5.56 Å². The third kappa shape index (κ3) is 4.77. The van der Waals surface area contributed by atoms with Crippen LogP contribution in [0.1, 0.15) is 39.4 Å². The van der Waals surface area contributed by atoms with Crippen LogP contribution in [0, 0.1) is 12.8 Å². The van der Waals surface area contributed by atoms with E-state index in [1.54, 1.807) is 12.1 Å². The zero-order chi connectivity index (χ0) is 20.4. The third-order valence-electron chi connectivity index (χ3n) is 5.09. The van der Waals surface area contributed by atoms with Gasteiger partial charge < -0.3 is 4.84 Å². The molecule has 1 aliphatic carbocycles. The molecule has 0 aromatic heterocycles. The van der Waals surface area contributed by atoms with Crippen molar-refractivity contribution in [2.45, 2.75) is 19.3 Å². The average molecular weight is 469 g/mol. The van der Waals surface area contributed by atoms with Gasteiger partial charge in [0, 0.05) is 15.4 Å². The molecule has 1 aliphatic rings. The fraction of sp³-hybridized carbons (Fsp3) is 0.167. The van der Waals surface area contributed by atoms with Crippen molar-refractivity contribution >= 4 is 39.2 Å². The van der Waals surface area contributed by atoms with E-state index in [4.69, 9.17) is 16.4 Å². The van der Waals surface area contributed by atoms with E-state index in [9.17, 15) is 4.79 Å². The molecule has 0 spiro atoms. The Morgan fingerprint density at radius 3 is 2.24 bits per heavy atom. The van der Waals surface area contributed by atoms with Gasteiger partial charge in [0.2, 0.25) is 0 Å². The number of rotatable bonds is 5. The normalized spacial score (nSPS) is 18.4. The zero-order valence-corrected chi connectivity index (χ0v) is 18.2. The van der Waals surface area contributed by atoms with Gasteiger partial charge in [-0.2, -0.15) is 0 Å². The van der Waals surface area contributed by atoms with Crippen molar-refractivity contribution in [1.82, 2.24) is 0 Å². The van der Waals surface area contributed by atoms with Crippen molar-refractivity contribution in [2.75, 3.05) is 0 Å². The summed E-state index contributed by atoms with van der Waals surface area (Å²) in [5.41, 5.74) is 4.53. The lowest BCUT2D eigenvalue weighted by molar-refractivity contribution is 0.0515. The van der Waals surface area contributed by atoms with E-state index < -0.39 is 5.97 Å². The first kappa shape index (κ1) is 19.9. The quantitative estimate of drug-likeness (QED) is 0.235. The summed E-state index contributed by atoms with van der Waals surface area (Å²) in [7, 11) is 0. The van der Waals surface area contributed by atoms with Crippen molar-refractivity contribution in [3.8, 4) is 0 Å². The number of aryl methyl sites for hydroxylation is 1. The van der Waals surface area contributed by atoms with Gasteiger partial charge in [-0.1, -0.05) is 74.6 Å². The second-order valence-electron chi connectivity index (χ2n) is 7.23. The smallest absolute Gasteiger partial charge is 0.313 e. The molecule has 0 bridgehead atoms. The second kappa shape index (κ2) is 8.52. The molecule has 0 radical (unpaired) electrons. The third-order valence-corrected chi connectivity index (χ3v) is 5.87. The summed E-state index contributed by atoms with van der Waals surface area (Å²) in [5.74, 6) is 0.0826. The Balaban J connectivity index is 1.58. The van der Waals surface area contributed by atoms with Crippen molar-refractivity contribution in [3.63, 3.8) is 0 Å². The Labute approximate surface area is 183 Å². The van der Waals surface area contributed by atoms with Crippen LogP contribution in [0.2, 0.25) is 5.02 Å². The Morgan fingerprint density at radius 2 is 1.59 bits per heavy atom. The number of hydrogen-bond donors (Lipinski definition) is 0. The number of hydrogen-bond acceptors (Lipinski definition) is 3. The summed E-state index contributed by atoms with van der Waals surface area (Å²) < 4.78 is 0.988. The van der Waals surface area contributed by atoms with Gasteiger partial charge in [0.15, 0.2) is 0 Å². The Kier molecular flexibility index (Phi) is 5.84. The molecule has 29 heavy (non-hydrogen) atoms. The molecule has 3 nitrogen and oxygen atoms in total. The van der Waals surface area contributed by atoms with Crippen LogP contribution in [-0.4, -0.2) is 11.7 Å². The summed E-state index contributed by atoms with van der Waals surface area (Å²) in [5, 5.41) is 5.03. The molecule has 3 aromatic rings. The standard InChI is InChI=1S/C24H19BrClNO2/c1-15-2-4-18(5-3-15)24(28)29-27-23(17-6-10-19(25)11-7-17)22-14-21(22)16-8-12-20(26)13-9-16/h2-13,21-22H,14H2,1H3/b27-23+. The summed E-state index contributed by atoms with van der Waals surface area (Å²) in [6.07, 6.45) is 0.957. The van der Waals surface area contributed by atoms with Crippen LogP contribution in [0.15, 0.2) is 82.4 Å². The Bertz CT molecular complexity index is 1040. The highest BCUT2D eigenvalue weighted by atomic mass is 79.9. The van der Waals surface area contributed by atoms with Gasteiger partial charge in [0.05, 0.1) is 11.3 Å². The number of nitrogens with zero attached hydrogens (tertiary/aromatic N) is 1. The predicted octanol–water partition coefficient (Wildman–Crippen LogP) is 6.78. The lowest BCUT2D eigenvalue weighted by Gasteiger charge is -2.07. The summed E-state index contributed by atoms with van der Waals surface area (Å²) in [6, 6.07) is 23.1. The van der Waals surface area contributed by atoms with E-state index in [0.717, 1.165) is 32.8 Å². The van der Waals surface area contributed by atoms with Crippen LogP contribution < -0.4 is 0 Å². The monoisotopic (exact) mass is 467 g/mol. The molecular weight excluding hydrogens is 450 g/mol. The molecule has 0 amide bonds. The minimum atomic E-state index is -0.455. The molecule has 5 heteroatoms. The van der Waals surface area contributed by atoms with Gasteiger partial charge in [-0.15, -0.1) is 0 Å². The van der Waals surface area contributed by atoms with Gasteiger partial charge in [-0.25, -0.2) is 4.79 Å². The molecule has 0 N–H and O–H groups in total. The molecule has 2 unspecified atom stereocenters. The van der Waals surface area contributed by atoms with Gasteiger partial charge in [-0.05, 0) is 66.8 Å². The van der Waals surface area contributed by atoms with Crippen molar-refractivity contribution in [2.24, 2.45) is 11.1 Å². The maximum absolute atomic E-state index is 12.4. The zero-order valence-electron chi connectivity index (χ0n) is 15.8. The second-order valence-corrected chi connectivity index (χ2v) is 8.58. The van der Waals surface area contributed by atoms with Gasteiger partial charge in [0.25, 0.3) is 0 Å². The van der Waals surface area contributed by atoms with E-state index in [0.29, 0.717) is 11.5 Å². The summed E-state index contributed by atoms with van der Waals surface area (Å²) in [6.45, 7) is 1.98. The number of carbonyl (C=O) groups excluding carboxylic acids is 1. The molecule has 2 atom stereocenters. The molecule has 1 saturated carbocycles. The lowest BCUT2D eigenvalue weighted by Crippen LogP contribution is -2.09. The minimum Gasteiger partial charge on any atom is -0.313 e. The highest BCUT2D eigenvalue weighted by Crippen LogP contribution is 2.49. The molecular formula is C24H19BrClNO2. The molecule has 0 heterocycles. The van der Waals surface area contributed by atoms with Crippen molar-refractivity contribution in [1.29, 1.82) is 0 Å². The van der Waals surface area contributed by atoms with Crippen LogP contribution in [0.25, 0.3) is 0 Å². The van der Waals surface area contributed by atoms with E-state index in [-0.39, 0.29) is 5.92 Å². The number of oxime groups is 1. The topological polar surface area (TPSA) is 38.7 Å². The number of halogens is 2. The van der Waals surface area contributed by atoms with Gasteiger partial charge in [0.1, 0.15) is 0 Å². The van der Waals surface area contributed by atoms with Crippen LogP contribution in [-0.2, 0) is 4.84 Å². The molecule has 0 aliphatic heterocycles. The van der Waals surface area contributed by atoms with Crippen molar-refractivity contribution < 1.29 is 9.63 Å². The minimum absolute atomic E-state index is 0.197. The number of benzene rings is 3.